The van der Waals surface area contributed by atoms with Gasteiger partial charge in [-0.05, 0) is 24.1 Å². The van der Waals surface area contributed by atoms with E-state index < -0.39 is 0 Å². The van der Waals surface area contributed by atoms with E-state index in [1.165, 1.54) is 31.9 Å². The summed E-state index contributed by atoms with van der Waals surface area (Å²) >= 11 is 1.87. The van der Waals surface area contributed by atoms with Crippen LogP contribution < -0.4 is 10.2 Å². The van der Waals surface area contributed by atoms with Crippen molar-refractivity contribution in [2.45, 2.75) is 23.1 Å². The van der Waals surface area contributed by atoms with Crippen LogP contribution in [0.25, 0.3) is 10.9 Å². The molecule has 0 unspecified atom stereocenters. The maximum Gasteiger partial charge on any atom is 0.0508 e. The lowest BCUT2D eigenvalue weighted by molar-refractivity contribution is 0.587. The van der Waals surface area contributed by atoms with Gasteiger partial charge in [-0.1, -0.05) is 49.0 Å². The molecular formula is C20H23N3S. The molecule has 124 valence electrons. The van der Waals surface area contributed by atoms with E-state index in [0.29, 0.717) is 0 Å². The summed E-state index contributed by atoms with van der Waals surface area (Å²) in [6, 6.07) is 15.4. The van der Waals surface area contributed by atoms with Gasteiger partial charge in [0.1, 0.15) is 0 Å². The molecular weight excluding hydrogens is 314 g/mol. The number of hydrogen-bond donors (Lipinski definition) is 2. The highest BCUT2D eigenvalue weighted by atomic mass is 32.2. The Balaban J connectivity index is 1.69. The van der Waals surface area contributed by atoms with Gasteiger partial charge in [-0.2, -0.15) is 0 Å². The Bertz CT molecular complexity index is 834. The molecule has 2 heterocycles. The minimum absolute atomic E-state index is 1.05. The largest absolute Gasteiger partial charge is 0.368 e. The van der Waals surface area contributed by atoms with E-state index in [2.05, 4.69) is 70.8 Å². The predicted molar refractivity (Wildman–Crippen MR) is 103 cm³/mol. The highest BCUT2D eigenvalue weighted by Crippen LogP contribution is 2.39. The second-order valence-corrected chi connectivity index (χ2v) is 7.24. The smallest absolute Gasteiger partial charge is 0.0508 e. The molecule has 1 saturated heterocycles. The number of aromatic nitrogens is 1. The number of hydrogen-bond acceptors (Lipinski definition) is 3. The van der Waals surface area contributed by atoms with Crippen LogP contribution in [-0.4, -0.2) is 31.2 Å². The fraction of sp³-hybridized carbons (Fsp3) is 0.300. The summed E-state index contributed by atoms with van der Waals surface area (Å²) in [4.78, 5) is 8.62. The maximum absolute atomic E-state index is 3.48. The van der Waals surface area contributed by atoms with Crippen molar-refractivity contribution >= 4 is 28.4 Å². The third-order valence-corrected chi connectivity index (χ3v) is 5.81. The number of rotatable bonds is 4. The average Bonchev–Trinajstić information content (AvgIpc) is 3.06. The second kappa shape index (κ2) is 6.91. The van der Waals surface area contributed by atoms with E-state index in [-0.39, 0.29) is 0 Å². The summed E-state index contributed by atoms with van der Waals surface area (Å²) in [5.41, 5.74) is 4.02. The Morgan fingerprint density at radius 2 is 1.83 bits per heavy atom. The monoisotopic (exact) mass is 337 g/mol. The van der Waals surface area contributed by atoms with Crippen LogP contribution in [0, 0.1) is 0 Å². The number of para-hydroxylation sites is 2. The van der Waals surface area contributed by atoms with Gasteiger partial charge in [-0.25, -0.2) is 0 Å². The minimum atomic E-state index is 1.05. The van der Waals surface area contributed by atoms with Crippen LogP contribution in [0.2, 0.25) is 0 Å². The van der Waals surface area contributed by atoms with Crippen LogP contribution in [0.3, 0.4) is 0 Å². The fourth-order valence-electron chi connectivity index (χ4n) is 3.40. The summed E-state index contributed by atoms with van der Waals surface area (Å²) in [5.74, 6) is 0. The zero-order chi connectivity index (χ0) is 16.4. The highest BCUT2D eigenvalue weighted by Gasteiger charge is 2.16. The van der Waals surface area contributed by atoms with Crippen molar-refractivity contribution < 1.29 is 0 Å². The molecule has 3 nitrogen and oxygen atoms in total. The number of benzene rings is 2. The molecule has 0 bridgehead atoms. The van der Waals surface area contributed by atoms with Gasteiger partial charge in [-0.3, -0.25) is 0 Å². The molecule has 1 fully saturated rings. The van der Waals surface area contributed by atoms with Gasteiger partial charge in [0.25, 0.3) is 0 Å². The molecule has 2 N–H and O–H groups in total. The van der Waals surface area contributed by atoms with Gasteiger partial charge in [0.05, 0.1) is 5.69 Å². The van der Waals surface area contributed by atoms with Crippen LogP contribution in [0.4, 0.5) is 5.69 Å². The summed E-state index contributed by atoms with van der Waals surface area (Å²) < 4.78 is 0. The van der Waals surface area contributed by atoms with E-state index in [4.69, 9.17) is 0 Å². The number of aryl methyl sites for hydroxylation is 1. The topological polar surface area (TPSA) is 31.1 Å². The van der Waals surface area contributed by atoms with Crippen LogP contribution >= 0.6 is 11.8 Å². The van der Waals surface area contributed by atoms with E-state index in [1.807, 2.05) is 11.8 Å². The Morgan fingerprint density at radius 3 is 2.67 bits per heavy atom. The Morgan fingerprint density at radius 1 is 1.00 bits per heavy atom. The summed E-state index contributed by atoms with van der Waals surface area (Å²) in [5, 5.41) is 4.76. The van der Waals surface area contributed by atoms with E-state index in [1.54, 1.807) is 0 Å². The highest BCUT2D eigenvalue weighted by molar-refractivity contribution is 7.99. The van der Waals surface area contributed by atoms with Crippen LogP contribution in [0.1, 0.15) is 12.5 Å². The molecule has 1 aromatic heterocycles. The van der Waals surface area contributed by atoms with Gasteiger partial charge in [0.15, 0.2) is 0 Å². The zero-order valence-electron chi connectivity index (χ0n) is 14.0. The lowest BCUT2D eigenvalue weighted by atomic mass is 10.1. The van der Waals surface area contributed by atoms with Crippen molar-refractivity contribution in [3.8, 4) is 0 Å². The molecule has 0 spiro atoms. The first-order valence-corrected chi connectivity index (χ1v) is 9.50. The molecule has 0 aliphatic carbocycles. The number of anilines is 1. The van der Waals surface area contributed by atoms with Crippen LogP contribution in [0.15, 0.2) is 58.5 Å². The lowest BCUT2D eigenvalue weighted by Crippen LogP contribution is -2.43. The average molecular weight is 337 g/mol. The van der Waals surface area contributed by atoms with Crippen molar-refractivity contribution in [2.24, 2.45) is 0 Å². The quantitative estimate of drug-likeness (QED) is 0.744. The fourth-order valence-corrected chi connectivity index (χ4v) is 4.48. The molecule has 3 aromatic rings. The summed E-state index contributed by atoms with van der Waals surface area (Å²) in [6.07, 6.45) is 3.21. The molecule has 4 heteroatoms. The number of piperazine rings is 1. The third kappa shape index (κ3) is 2.92. The summed E-state index contributed by atoms with van der Waals surface area (Å²) in [6.45, 7) is 6.48. The molecule has 0 radical (unpaired) electrons. The van der Waals surface area contributed by atoms with Gasteiger partial charge in [0, 0.05) is 53.1 Å². The van der Waals surface area contributed by atoms with E-state index >= 15 is 0 Å². The normalized spacial score (nSPS) is 15.1. The Hall–Kier alpha value is -1.91. The first kappa shape index (κ1) is 15.6. The van der Waals surface area contributed by atoms with Gasteiger partial charge < -0.3 is 15.2 Å². The van der Waals surface area contributed by atoms with Gasteiger partial charge in [-0.15, -0.1) is 0 Å². The SMILES string of the molecule is CCc1cccc2c(Sc3ccccc3N3CCNCC3)c[nH]c12. The van der Waals surface area contributed by atoms with Crippen LogP contribution in [0.5, 0.6) is 0 Å². The number of fused-ring (bicyclic) bond motifs is 1. The minimum Gasteiger partial charge on any atom is -0.368 e. The second-order valence-electron chi connectivity index (χ2n) is 6.15. The number of nitrogens with zero attached hydrogens (tertiary/aromatic N) is 1. The maximum atomic E-state index is 3.48. The molecule has 24 heavy (non-hydrogen) atoms. The van der Waals surface area contributed by atoms with Crippen LogP contribution in [-0.2, 0) is 6.42 Å². The molecule has 0 amide bonds. The van der Waals surface area contributed by atoms with Gasteiger partial charge in [0.2, 0.25) is 0 Å². The Labute approximate surface area is 147 Å². The zero-order valence-corrected chi connectivity index (χ0v) is 14.8. The van der Waals surface area contributed by atoms with Crippen molar-refractivity contribution in [3.63, 3.8) is 0 Å². The van der Waals surface area contributed by atoms with Crippen molar-refractivity contribution in [3.05, 3.63) is 54.2 Å². The van der Waals surface area contributed by atoms with E-state index in [9.17, 15) is 0 Å². The first-order chi connectivity index (χ1) is 11.9. The number of H-pyrrole nitrogens is 1. The predicted octanol–water partition coefficient (Wildman–Crippen LogP) is 4.29. The molecule has 1 aliphatic rings. The molecule has 2 aromatic carbocycles. The number of nitrogens with one attached hydrogen (secondary N) is 2. The molecule has 0 atom stereocenters. The standard InChI is InChI=1S/C20H23N3S/c1-2-15-6-5-7-16-19(14-22-20(15)16)24-18-9-4-3-8-17(18)23-12-10-21-11-13-23/h3-9,14,21-22H,2,10-13H2,1H3. The number of aromatic amines is 1. The Kier molecular flexibility index (Phi) is 4.50. The molecule has 1 aliphatic heterocycles. The molecule has 0 saturated carbocycles. The van der Waals surface area contributed by atoms with Gasteiger partial charge >= 0.3 is 0 Å². The van der Waals surface area contributed by atoms with Crippen molar-refractivity contribution in [1.29, 1.82) is 0 Å². The van der Waals surface area contributed by atoms with Crippen molar-refractivity contribution in [1.82, 2.24) is 10.3 Å². The third-order valence-electron chi connectivity index (χ3n) is 4.69. The molecule has 4 rings (SSSR count). The summed E-state index contributed by atoms with van der Waals surface area (Å²) in [7, 11) is 0. The van der Waals surface area contributed by atoms with Crippen molar-refractivity contribution in [2.75, 3.05) is 31.1 Å². The first-order valence-electron chi connectivity index (χ1n) is 8.68. The lowest BCUT2D eigenvalue weighted by Gasteiger charge is -2.30. The van der Waals surface area contributed by atoms with E-state index in [0.717, 1.165) is 32.6 Å².